The molecule has 4 amide bonds. The molecule has 4 N–H and O–H groups in total. The smallest absolute Gasteiger partial charge is 0.407 e. The second kappa shape index (κ2) is 13.6. The van der Waals surface area contributed by atoms with Crippen LogP contribution in [0.25, 0.3) is 0 Å². The Morgan fingerprint density at radius 3 is 0.650 bits per heavy atom. The molecule has 2 aliphatic rings. The van der Waals surface area contributed by atoms with Gasteiger partial charge in [0.05, 0.1) is 24.2 Å². The van der Waals surface area contributed by atoms with E-state index in [4.69, 9.17) is 18.9 Å². The molecule has 0 unspecified atom stereocenters. The van der Waals surface area contributed by atoms with E-state index in [0.717, 1.165) is 25.7 Å². The summed E-state index contributed by atoms with van der Waals surface area (Å²) in [6.07, 6.45) is 1.44. The lowest BCUT2D eigenvalue weighted by atomic mass is 9.86. The van der Waals surface area contributed by atoms with E-state index >= 15 is 0 Å². The van der Waals surface area contributed by atoms with Gasteiger partial charge in [-0.2, -0.15) is 0 Å². The van der Waals surface area contributed by atoms with Crippen LogP contribution in [0.1, 0.15) is 109 Å². The molecule has 2 aliphatic carbocycles. The number of amides is 4. The summed E-state index contributed by atoms with van der Waals surface area (Å²) in [5.41, 5.74) is -2.10. The van der Waals surface area contributed by atoms with E-state index in [1.807, 2.05) is 83.1 Å². The first kappa shape index (κ1) is 35.1. The van der Waals surface area contributed by atoms with Gasteiger partial charge in [0.15, 0.2) is 0 Å². The third-order valence-corrected chi connectivity index (χ3v) is 5.36. The summed E-state index contributed by atoms with van der Waals surface area (Å²) < 4.78 is 20.7. The minimum absolute atomic E-state index is 0.0997. The molecular weight excluding hydrogens is 520 g/mol. The minimum Gasteiger partial charge on any atom is -0.444 e. The molecule has 40 heavy (non-hydrogen) atoms. The molecule has 2 fully saturated rings. The van der Waals surface area contributed by atoms with Gasteiger partial charge in [-0.15, -0.1) is 0 Å². The Morgan fingerprint density at radius 2 is 0.550 bits per heavy atom. The van der Waals surface area contributed by atoms with Gasteiger partial charge in [-0.3, -0.25) is 0 Å². The fourth-order valence-corrected chi connectivity index (χ4v) is 3.53. The summed E-state index contributed by atoms with van der Waals surface area (Å²) in [7, 11) is 0. The number of nitrogens with one attached hydrogen (secondary N) is 4. The lowest BCUT2D eigenvalue weighted by molar-refractivity contribution is 0.0369. The van der Waals surface area contributed by atoms with Crippen molar-refractivity contribution >= 4 is 24.4 Å². The predicted molar refractivity (Wildman–Crippen MR) is 151 cm³/mol. The van der Waals surface area contributed by atoms with E-state index in [-0.39, 0.29) is 24.2 Å². The Balaban J connectivity index is 0.000000400. The van der Waals surface area contributed by atoms with Crippen molar-refractivity contribution in [1.82, 2.24) is 21.3 Å². The molecule has 0 aromatic heterocycles. The zero-order valence-corrected chi connectivity index (χ0v) is 26.4. The highest BCUT2D eigenvalue weighted by atomic mass is 16.6. The average molecular weight is 573 g/mol. The van der Waals surface area contributed by atoms with Gasteiger partial charge in [0, 0.05) is 0 Å². The number of rotatable bonds is 4. The lowest BCUT2D eigenvalue weighted by Crippen LogP contribution is -2.59. The molecule has 0 aliphatic heterocycles. The van der Waals surface area contributed by atoms with Crippen molar-refractivity contribution in [2.24, 2.45) is 0 Å². The first-order valence-corrected chi connectivity index (χ1v) is 13.9. The van der Waals surface area contributed by atoms with E-state index in [2.05, 4.69) is 21.3 Å². The maximum atomic E-state index is 11.6. The van der Waals surface area contributed by atoms with Crippen LogP contribution < -0.4 is 21.3 Å². The Morgan fingerprint density at radius 1 is 0.400 bits per heavy atom. The Hall–Kier alpha value is -2.92. The van der Waals surface area contributed by atoms with Crippen LogP contribution in [0.2, 0.25) is 0 Å². The first-order chi connectivity index (χ1) is 17.9. The molecule has 0 heterocycles. The van der Waals surface area contributed by atoms with Crippen molar-refractivity contribution in [3.63, 3.8) is 0 Å². The summed E-state index contributed by atoms with van der Waals surface area (Å²) in [6.45, 7) is 21.7. The summed E-state index contributed by atoms with van der Waals surface area (Å²) in [5, 5.41) is 11.0. The molecule has 232 valence electrons. The zero-order chi connectivity index (χ0) is 31.1. The van der Waals surface area contributed by atoms with Gasteiger partial charge in [0.2, 0.25) is 0 Å². The predicted octanol–water partition coefficient (Wildman–Crippen LogP) is 5.13. The van der Waals surface area contributed by atoms with E-state index in [1.54, 1.807) is 0 Å². The molecular formula is C28H52N4O8. The van der Waals surface area contributed by atoms with E-state index in [1.165, 1.54) is 0 Å². The van der Waals surface area contributed by atoms with Gasteiger partial charge in [0.1, 0.15) is 22.4 Å². The SMILES string of the molecule is CC(C)(C)OC(=O)N[C@@H]1CC[C@H]1NC(=O)OC(C)(C)C.CC(C)(C)OC(=O)N[C@H]1CC[C@@H]1NC(=O)OC(C)(C)C. The molecule has 12 heteroatoms. The van der Waals surface area contributed by atoms with Crippen LogP contribution >= 0.6 is 0 Å². The van der Waals surface area contributed by atoms with E-state index in [9.17, 15) is 19.2 Å². The normalized spacial score (nSPS) is 22.5. The quantitative estimate of drug-likeness (QED) is 0.338. The number of hydrogen-bond acceptors (Lipinski definition) is 8. The van der Waals surface area contributed by atoms with Gasteiger partial charge < -0.3 is 40.2 Å². The molecule has 0 aromatic carbocycles. The largest absolute Gasteiger partial charge is 0.444 e. The van der Waals surface area contributed by atoms with Crippen molar-refractivity contribution < 1.29 is 38.1 Å². The maximum absolute atomic E-state index is 11.6. The first-order valence-electron chi connectivity index (χ1n) is 13.9. The summed E-state index contributed by atoms with van der Waals surface area (Å²) in [4.78, 5) is 46.6. The van der Waals surface area contributed by atoms with Crippen LogP contribution in [-0.2, 0) is 18.9 Å². The van der Waals surface area contributed by atoms with Gasteiger partial charge in [0.25, 0.3) is 0 Å². The van der Waals surface area contributed by atoms with Crippen molar-refractivity contribution in [2.45, 2.75) is 155 Å². The van der Waals surface area contributed by atoms with Gasteiger partial charge in [-0.25, -0.2) is 19.2 Å². The van der Waals surface area contributed by atoms with Crippen LogP contribution in [-0.4, -0.2) is 70.9 Å². The average Bonchev–Trinajstić information content (AvgIpc) is 2.66. The number of carbonyl (C=O) groups is 4. The summed E-state index contributed by atoms with van der Waals surface area (Å²) in [6, 6.07) is -0.399. The Labute approximate surface area is 239 Å². The van der Waals surface area contributed by atoms with Gasteiger partial charge in [-0.05, 0) is 109 Å². The van der Waals surface area contributed by atoms with Crippen molar-refractivity contribution in [3.8, 4) is 0 Å². The van der Waals surface area contributed by atoms with Crippen molar-refractivity contribution in [2.75, 3.05) is 0 Å². The second-order valence-corrected chi connectivity index (χ2v) is 14.2. The molecule has 4 atom stereocenters. The Bertz CT molecular complexity index is 737. The van der Waals surface area contributed by atoms with Crippen LogP contribution in [0.5, 0.6) is 0 Å². The highest BCUT2D eigenvalue weighted by molar-refractivity contribution is 5.71. The number of ether oxygens (including phenoxy) is 4. The monoisotopic (exact) mass is 572 g/mol. The van der Waals surface area contributed by atoms with Gasteiger partial charge in [-0.1, -0.05) is 0 Å². The third-order valence-electron chi connectivity index (χ3n) is 5.36. The third kappa shape index (κ3) is 15.6. The fourth-order valence-electron chi connectivity index (χ4n) is 3.53. The van der Waals surface area contributed by atoms with Crippen molar-refractivity contribution in [1.29, 1.82) is 0 Å². The minimum atomic E-state index is -0.526. The van der Waals surface area contributed by atoms with E-state index < -0.39 is 46.8 Å². The van der Waals surface area contributed by atoms with Crippen LogP contribution in [0, 0.1) is 0 Å². The Kier molecular flexibility index (Phi) is 12.0. The molecule has 0 radical (unpaired) electrons. The lowest BCUT2D eigenvalue weighted by Gasteiger charge is -2.38. The number of carbonyl (C=O) groups excluding carboxylic acids is 4. The molecule has 12 nitrogen and oxygen atoms in total. The molecule has 0 aromatic rings. The fraction of sp³-hybridized carbons (Fsp3) is 0.857. The topological polar surface area (TPSA) is 153 Å². The van der Waals surface area contributed by atoms with Crippen LogP contribution in [0.15, 0.2) is 0 Å². The molecule has 2 saturated carbocycles. The highest BCUT2D eigenvalue weighted by Crippen LogP contribution is 2.22. The zero-order valence-electron chi connectivity index (χ0n) is 26.4. The molecule has 0 bridgehead atoms. The van der Waals surface area contributed by atoms with Crippen LogP contribution in [0.4, 0.5) is 19.2 Å². The molecule has 0 spiro atoms. The highest BCUT2D eigenvalue weighted by Gasteiger charge is 2.36. The maximum Gasteiger partial charge on any atom is 0.407 e. The summed E-state index contributed by atoms with van der Waals surface area (Å²) in [5.74, 6) is 0. The number of alkyl carbamates (subject to hydrolysis) is 4. The van der Waals surface area contributed by atoms with Crippen LogP contribution in [0.3, 0.4) is 0 Å². The summed E-state index contributed by atoms with van der Waals surface area (Å²) >= 11 is 0. The molecule has 2 rings (SSSR count). The number of hydrogen-bond donors (Lipinski definition) is 4. The standard InChI is InChI=1S/2C14H26N2O4/c2*1-13(2,3)19-11(17)15-9-7-8-10(9)16-12(18)20-14(4,5)6/h2*9-10H,7-8H2,1-6H3,(H,15,17)(H,16,18)/t2*9-,10-/m10/s1. The van der Waals surface area contributed by atoms with E-state index in [0.29, 0.717) is 0 Å². The van der Waals surface area contributed by atoms with Crippen molar-refractivity contribution in [3.05, 3.63) is 0 Å². The second-order valence-electron chi connectivity index (χ2n) is 14.2. The van der Waals surface area contributed by atoms with Gasteiger partial charge >= 0.3 is 24.4 Å². The molecule has 0 saturated heterocycles.